The van der Waals surface area contributed by atoms with Gasteiger partial charge in [0.2, 0.25) is 17.0 Å². The van der Waals surface area contributed by atoms with Crippen LogP contribution >= 0.6 is 0 Å². The summed E-state index contributed by atoms with van der Waals surface area (Å²) in [7, 11) is 0. The predicted octanol–water partition coefficient (Wildman–Crippen LogP) is 3.53. The average Bonchev–Trinajstić information content (AvgIpc) is 3.01. The van der Waals surface area contributed by atoms with E-state index in [2.05, 4.69) is 15.5 Å². The Hall–Kier alpha value is -3.40. The van der Waals surface area contributed by atoms with E-state index >= 15 is 0 Å². The summed E-state index contributed by atoms with van der Waals surface area (Å²) in [5.74, 6) is 0.626. The zero-order valence-electron chi connectivity index (χ0n) is 14.0. The number of hydrogen-bond donors (Lipinski definition) is 1. The van der Waals surface area contributed by atoms with Crippen molar-refractivity contribution in [2.45, 2.75) is 26.7 Å². The number of fused-ring (bicyclic) bond motifs is 1. The summed E-state index contributed by atoms with van der Waals surface area (Å²) >= 11 is 0. The SMILES string of the molecule is Cc1ccc2occ(C=NNc3oc(C(C)C)nc3C#N)c(=O)c2c1. The van der Waals surface area contributed by atoms with Crippen LogP contribution in [0.5, 0.6) is 0 Å². The standard InChI is InChI=1S/C18H16N4O3/c1-10(2)17-21-14(7-19)18(25-17)22-20-8-12-9-24-15-5-4-11(3)6-13(15)16(12)23/h4-6,8-10,22H,1-3H3. The predicted molar refractivity (Wildman–Crippen MR) is 93.7 cm³/mol. The number of aromatic nitrogens is 1. The molecule has 3 rings (SSSR count). The Kier molecular flexibility index (Phi) is 4.35. The summed E-state index contributed by atoms with van der Waals surface area (Å²) in [6.07, 6.45) is 2.67. The molecule has 0 bridgehead atoms. The summed E-state index contributed by atoms with van der Waals surface area (Å²) in [6, 6.07) is 7.34. The second-order valence-electron chi connectivity index (χ2n) is 5.89. The van der Waals surface area contributed by atoms with E-state index in [1.807, 2.05) is 32.9 Å². The first-order chi connectivity index (χ1) is 12.0. The maximum Gasteiger partial charge on any atom is 0.252 e. The van der Waals surface area contributed by atoms with E-state index in [1.165, 1.54) is 12.5 Å². The number of anilines is 1. The molecule has 126 valence electrons. The molecule has 0 unspecified atom stereocenters. The van der Waals surface area contributed by atoms with Crippen LogP contribution in [0.25, 0.3) is 11.0 Å². The molecular weight excluding hydrogens is 320 g/mol. The first-order valence-corrected chi connectivity index (χ1v) is 7.71. The van der Waals surface area contributed by atoms with Gasteiger partial charge in [0.25, 0.3) is 5.88 Å². The van der Waals surface area contributed by atoms with E-state index in [9.17, 15) is 4.79 Å². The summed E-state index contributed by atoms with van der Waals surface area (Å²) in [4.78, 5) is 16.6. The van der Waals surface area contributed by atoms with Crippen LogP contribution < -0.4 is 10.9 Å². The molecule has 0 amide bonds. The molecule has 2 aromatic heterocycles. The van der Waals surface area contributed by atoms with Crippen molar-refractivity contribution in [1.82, 2.24) is 4.98 Å². The quantitative estimate of drug-likeness (QED) is 0.577. The topological polar surface area (TPSA) is 104 Å². The zero-order valence-corrected chi connectivity index (χ0v) is 14.0. The van der Waals surface area contributed by atoms with Gasteiger partial charge in [0, 0.05) is 5.92 Å². The van der Waals surface area contributed by atoms with Crippen LogP contribution in [0.3, 0.4) is 0 Å². The molecule has 0 aliphatic rings. The fourth-order valence-electron chi connectivity index (χ4n) is 2.24. The first-order valence-electron chi connectivity index (χ1n) is 7.71. The number of benzene rings is 1. The number of nitrogens with one attached hydrogen (secondary N) is 1. The highest BCUT2D eigenvalue weighted by molar-refractivity contribution is 5.86. The Morgan fingerprint density at radius 3 is 2.92 bits per heavy atom. The van der Waals surface area contributed by atoms with Crippen molar-refractivity contribution in [2.24, 2.45) is 5.10 Å². The molecule has 7 nitrogen and oxygen atoms in total. The highest BCUT2D eigenvalue weighted by Gasteiger charge is 2.14. The van der Waals surface area contributed by atoms with Crippen molar-refractivity contribution in [1.29, 1.82) is 5.26 Å². The second-order valence-corrected chi connectivity index (χ2v) is 5.89. The molecule has 1 aromatic carbocycles. The van der Waals surface area contributed by atoms with Gasteiger partial charge in [-0.3, -0.25) is 4.79 Å². The zero-order chi connectivity index (χ0) is 18.0. The molecular formula is C18H16N4O3. The lowest BCUT2D eigenvalue weighted by atomic mass is 10.1. The smallest absolute Gasteiger partial charge is 0.252 e. The molecule has 0 aliphatic heterocycles. The molecule has 0 saturated heterocycles. The number of nitriles is 1. The number of aryl methyl sites for hydroxylation is 1. The Morgan fingerprint density at radius 1 is 1.40 bits per heavy atom. The van der Waals surface area contributed by atoms with E-state index in [0.717, 1.165) is 5.56 Å². The Morgan fingerprint density at radius 2 is 2.20 bits per heavy atom. The molecule has 0 aliphatic carbocycles. The van der Waals surface area contributed by atoms with Crippen LogP contribution in [-0.4, -0.2) is 11.2 Å². The average molecular weight is 336 g/mol. The molecule has 0 spiro atoms. The van der Waals surface area contributed by atoms with Crippen LogP contribution in [0.2, 0.25) is 0 Å². The molecule has 0 atom stereocenters. The molecule has 1 N–H and O–H groups in total. The lowest BCUT2D eigenvalue weighted by Crippen LogP contribution is -2.08. The summed E-state index contributed by atoms with van der Waals surface area (Å²) < 4.78 is 10.9. The first kappa shape index (κ1) is 16.5. The number of hydrogen-bond acceptors (Lipinski definition) is 7. The van der Waals surface area contributed by atoms with Gasteiger partial charge in [0.1, 0.15) is 17.9 Å². The minimum absolute atomic E-state index is 0.0439. The summed E-state index contributed by atoms with van der Waals surface area (Å²) in [5.41, 5.74) is 4.31. The Balaban J connectivity index is 1.88. The minimum atomic E-state index is -0.184. The van der Waals surface area contributed by atoms with Crippen molar-refractivity contribution in [2.75, 3.05) is 5.43 Å². The van der Waals surface area contributed by atoms with Gasteiger partial charge in [0.15, 0.2) is 0 Å². The molecule has 0 fully saturated rings. The molecule has 2 heterocycles. The maximum absolute atomic E-state index is 12.5. The molecule has 7 heteroatoms. The van der Waals surface area contributed by atoms with Crippen LogP contribution in [0, 0.1) is 18.3 Å². The number of oxazole rings is 1. The van der Waals surface area contributed by atoms with Gasteiger partial charge < -0.3 is 8.83 Å². The largest absolute Gasteiger partial charge is 0.463 e. The Bertz CT molecular complexity index is 1050. The van der Waals surface area contributed by atoms with Crippen LogP contribution in [-0.2, 0) is 0 Å². The molecule has 0 radical (unpaired) electrons. The maximum atomic E-state index is 12.5. The fourth-order valence-corrected chi connectivity index (χ4v) is 2.24. The van der Waals surface area contributed by atoms with E-state index in [4.69, 9.17) is 14.1 Å². The van der Waals surface area contributed by atoms with E-state index in [1.54, 1.807) is 12.1 Å². The van der Waals surface area contributed by atoms with Gasteiger partial charge in [-0.1, -0.05) is 25.5 Å². The third-order valence-corrected chi connectivity index (χ3v) is 3.57. The summed E-state index contributed by atoms with van der Waals surface area (Å²) in [5, 5.41) is 13.5. The minimum Gasteiger partial charge on any atom is -0.463 e. The molecule has 0 saturated carbocycles. The Labute approximate surface area is 143 Å². The highest BCUT2D eigenvalue weighted by atomic mass is 16.4. The normalized spacial score (nSPS) is 11.3. The van der Waals surface area contributed by atoms with E-state index in [-0.39, 0.29) is 28.5 Å². The lowest BCUT2D eigenvalue weighted by molar-refractivity contribution is 0.481. The monoisotopic (exact) mass is 336 g/mol. The van der Waals surface area contributed by atoms with Crippen LogP contribution in [0.4, 0.5) is 5.88 Å². The number of nitrogens with zero attached hydrogens (tertiary/aromatic N) is 3. The highest BCUT2D eigenvalue weighted by Crippen LogP contribution is 2.22. The van der Waals surface area contributed by atoms with Gasteiger partial charge in [-0.05, 0) is 19.1 Å². The number of rotatable bonds is 4. The molecule has 3 aromatic rings. The van der Waals surface area contributed by atoms with Crippen molar-refractivity contribution >= 4 is 23.1 Å². The van der Waals surface area contributed by atoms with Crippen molar-refractivity contribution in [3.8, 4) is 6.07 Å². The third-order valence-electron chi connectivity index (χ3n) is 3.57. The van der Waals surface area contributed by atoms with Gasteiger partial charge >= 0.3 is 0 Å². The van der Waals surface area contributed by atoms with E-state index < -0.39 is 0 Å². The summed E-state index contributed by atoms with van der Waals surface area (Å²) in [6.45, 7) is 5.71. The van der Waals surface area contributed by atoms with Gasteiger partial charge in [-0.2, -0.15) is 10.4 Å². The van der Waals surface area contributed by atoms with Crippen LogP contribution in [0.1, 0.15) is 42.5 Å². The lowest BCUT2D eigenvalue weighted by Gasteiger charge is -2.00. The van der Waals surface area contributed by atoms with Crippen LogP contribution in [0.15, 0.2) is 43.2 Å². The van der Waals surface area contributed by atoms with Gasteiger partial charge in [-0.25, -0.2) is 10.4 Å². The van der Waals surface area contributed by atoms with Gasteiger partial charge in [0.05, 0.1) is 17.2 Å². The molecule has 25 heavy (non-hydrogen) atoms. The van der Waals surface area contributed by atoms with Crippen molar-refractivity contribution < 1.29 is 8.83 Å². The third kappa shape index (κ3) is 3.28. The number of hydrazone groups is 1. The van der Waals surface area contributed by atoms with Crippen molar-refractivity contribution in [3.05, 3.63) is 57.4 Å². The van der Waals surface area contributed by atoms with Gasteiger partial charge in [-0.15, -0.1) is 0 Å². The second kappa shape index (κ2) is 6.61. The fraction of sp³-hybridized carbons (Fsp3) is 0.222. The van der Waals surface area contributed by atoms with Crippen molar-refractivity contribution in [3.63, 3.8) is 0 Å². The van der Waals surface area contributed by atoms with E-state index in [0.29, 0.717) is 16.9 Å².